The van der Waals surface area contributed by atoms with Crippen LogP contribution >= 0.6 is 11.6 Å². The molecule has 3 aromatic rings. The van der Waals surface area contributed by atoms with E-state index < -0.39 is 10.0 Å². The average molecular weight is 433 g/mol. The molecule has 0 amide bonds. The number of rotatable bonds is 7. The minimum atomic E-state index is -3.33. The van der Waals surface area contributed by atoms with Gasteiger partial charge in [0.05, 0.1) is 22.2 Å². The summed E-state index contributed by atoms with van der Waals surface area (Å²) < 4.78 is 30.1. The number of halogens is 1. The van der Waals surface area contributed by atoms with Gasteiger partial charge in [0.25, 0.3) is 5.56 Å². The first kappa shape index (κ1) is 19.7. The fourth-order valence-electron chi connectivity index (χ4n) is 3.11. The summed E-state index contributed by atoms with van der Waals surface area (Å²) in [5.74, 6) is 0. The molecule has 0 atom stereocenters. The van der Waals surface area contributed by atoms with Crippen LogP contribution in [0.4, 0.5) is 5.69 Å². The Morgan fingerprint density at radius 3 is 2.69 bits per heavy atom. The molecule has 1 aliphatic carbocycles. The Kier molecular flexibility index (Phi) is 5.23. The number of anilines is 1. The summed E-state index contributed by atoms with van der Waals surface area (Å²) in [6.45, 7) is 2.66. The molecule has 4 rings (SSSR count). The molecular weight excluding hydrogens is 412 g/mol. The molecule has 0 aliphatic heterocycles. The van der Waals surface area contributed by atoms with Crippen LogP contribution in [0.1, 0.15) is 26.2 Å². The summed E-state index contributed by atoms with van der Waals surface area (Å²) in [5.41, 5.74) is 2.71. The van der Waals surface area contributed by atoms with Gasteiger partial charge < -0.3 is 4.57 Å². The lowest BCUT2D eigenvalue weighted by Crippen LogP contribution is -2.19. The topological polar surface area (TPSA) is 86.0 Å². The summed E-state index contributed by atoms with van der Waals surface area (Å²) in [7, 11) is -3.33. The quantitative estimate of drug-likeness (QED) is 0.617. The minimum Gasteiger partial charge on any atom is -0.313 e. The molecule has 0 radical (unpaired) electrons. The van der Waals surface area contributed by atoms with Crippen molar-refractivity contribution >= 4 is 27.3 Å². The lowest BCUT2D eigenvalue weighted by Gasteiger charge is -2.09. The highest BCUT2D eigenvalue weighted by molar-refractivity contribution is 7.93. The van der Waals surface area contributed by atoms with E-state index in [1.54, 1.807) is 45.9 Å². The number of pyridine rings is 1. The maximum Gasteiger partial charge on any atom is 0.250 e. The van der Waals surface area contributed by atoms with Gasteiger partial charge in [-0.2, -0.15) is 5.10 Å². The van der Waals surface area contributed by atoms with E-state index in [1.165, 1.54) is 6.07 Å². The number of aromatic nitrogens is 3. The number of nitrogens with zero attached hydrogens (tertiary/aromatic N) is 3. The standard InChI is InChI=1S/C20H21ClN4O3S/c1-2-9-24-13-16(4-8-20(24)26)25-12-14(11-22-25)18-7-3-15(10-19(18)21)23-29(27,28)17-5-6-17/h3-4,7-8,10-13,17,23H,2,5-6,9H2,1H3. The van der Waals surface area contributed by atoms with Gasteiger partial charge in [0.1, 0.15) is 0 Å². The van der Waals surface area contributed by atoms with Crippen LogP contribution < -0.4 is 10.3 Å². The zero-order valence-corrected chi connectivity index (χ0v) is 17.4. The third kappa shape index (κ3) is 4.23. The SMILES string of the molecule is CCCn1cc(-n2cc(-c3ccc(NS(=O)(=O)C4CC4)cc3Cl)cn2)ccc1=O. The van der Waals surface area contributed by atoms with Crippen molar-refractivity contribution in [3.05, 3.63) is 64.3 Å². The Morgan fingerprint density at radius 2 is 2.00 bits per heavy atom. The summed E-state index contributed by atoms with van der Waals surface area (Å²) in [6.07, 6.45) is 7.55. The van der Waals surface area contributed by atoms with Crippen LogP contribution in [0.3, 0.4) is 0 Å². The lowest BCUT2D eigenvalue weighted by atomic mass is 10.1. The largest absolute Gasteiger partial charge is 0.313 e. The molecule has 7 nitrogen and oxygen atoms in total. The first-order valence-corrected chi connectivity index (χ1v) is 11.4. The van der Waals surface area contributed by atoms with E-state index in [-0.39, 0.29) is 10.8 Å². The van der Waals surface area contributed by atoms with Crippen LogP contribution in [0.15, 0.2) is 53.7 Å². The van der Waals surface area contributed by atoms with Crippen molar-refractivity contribution in [2.45, 2.75) is 38.0 Å². The molecule has 2 aromatic heterocycles. The van der Waals surface area contributed by atoms with E-state index in [2.05, 4.69) is 9.82 Å². The summed E-state index contributed by atoms with van der Waals surface area (Å²) in [4.78, 5) is 11.9. The second kappa shape index (κ2) is 7.68. The van der Waals surface area contributed by atoms with E-state index in [0.29, 0.717) is 30.1 Å². The number of hydrogen-bond acceptors (Lipinski definition) is 4. The van der Waals surface area contributed by atoms with Crippen molar-refractivity contribution in [2.75, 3.05) is 4.72 Å². The third-order valence-corrected chi connectivity index (χ3v) is 6.96. The number of aryl methyl sites for hydroxylation is 1. The van der Waals surface area contributed by atoms with Gasteiger partial charge in [0.15, 0.2) is 0 Å². The van der Waals surface area contributed by atoms with Gasteiger partial charge in [0.2, 0.25) is 10.0 Å². The van der Waals surface area contributed by atoms with E-state index in [9.17, 15) is 13.2 Å². The second-order valence-electron chi connectivity index (χ2n) is 7.13. The zero-order chi connectivity index (χ0) is 20.6. The Balaban J connectivity index is 1.59. The van der Waals surface area contributed by atoms with E-state index in [1.807, 2.05) is 13.1 Å². The first-order valence-electron chi connectivity index (χ1n) is 9.44. The highest BCUT2D eigenvalue weighted by Gasteiger charge is 2.35. The fraction of sp³-hybridized carbons (Fsp3) is 0.300. The van der Waals surface area contributed by atoms with E-state index in [4.69, 9.17) is 11.6 Å². The number of hydrogen-bond donors (Lipinski definition) is 1. The monoisotopic (exact) mass is 432 g/mol. The van der Waals surface area contributed by atoms with Gasteiger partial charge in [0, 0.05) is 41.8 Å². The Bertz CT molecular complexity index is 1210. The molecule has 0 saturated heterocycles. The van der Waals surface area contributed by atoms with Crippen LogP contribution in [0, 0.1) is 0 Å². The van der Waals surface area contributed by atoms with Crippen LogP contribution in [0.2, 0.25) is 5.02 Å². The van der Waals surface area contributed by atoms with E-state index in [0.717, 1.165) is 23.2 Å². The molecule has 0 spiro atoms. The van der Waals surface area contributed by atoms with Crippen molar-refractivity contribution in [3.63, 3.8) is 0 Å². The molecule has 1 saturated carbocycles. The maximum atomic E-state index is 12.1. The van der Waals surface area contributed by atoms with Crippen LogP contribution in [-0.4, -0.2) is 28.0 Å². The van der Waals surface area contributed by atoms with Gasteiger partial charge in [-0.3, -0.25) is 9.52 Å². The molecule has 2 heterocycles. The van der Waals surface area contributed by atoms with Crippen molar-refractivity contribution in [2.24, 2.45) is 0 Å². The molecule has 1 N–H and O–H groups in total. The van der Waals surface area contributed by atoms with Gasteiger partial charge in [-0.25, -0.2) is 13.1 Å². The molecule has 0 unspecified atom stereocenters. The summed E-state index contributed by atoms with van der Waals surface area (Å²) in [6, 6.07) is 8.32. The smallest absolute Gasteiger partial charge is 0.250 e. The van der Waals surface area contributed by atoms with Gasteiger partial charge in [-0.15, -0.1) is 0 Å². The molecule has 9 heteroatoms. The summed E-state index contributed by atoms with van der Waals surface area (Å²) in [5, 5.41) is 4.51. The van der Waals surface area contributed by atoms with Crippen LogP contribution in [0.25, 0.3) is 16.8 Å². The Labute approximate surface area is 174 Å². The fourth-order valence-corrected chi connectivity index (χ4v) is 4.78. The van der Waals surface area contributed by atoms with Crippen molar-refractivity contribution in [1.82, 2.24) is 14.3 Å². The number of benzene rings is 1. The van der Waals surface area contributed by atoms with Gasteiger partial charge in [-0.1, -0.05) is 24.6 Å². The maximum absolute atomic E-state index is 12.1. The number of sulfonamides is 1. The van der Waals surface area contributed by atoms with Crippen molar-refractivity contribution in [1.29, 1.82) is 0 Å². The molecule has 152 valence electrons. The third-order valence-electron chi connectivity index (χ3n) is 4.78. The first-order chi connectivity index (χ1) is 13.9. The highest BCUT2D eigenvalue weighted by atomic mass is 35.5. The normalized spacial score (nSPS) is 14.1. The van der Waals surface area contributed by atoms with E-state index >= 15 is 0 Å². The molecule has 1 aliphatic rings. The molecule has 29 heavy (non-hydrogen) atoms. The molecule has 1 fully saturated rings. The molecule has 1 aromatic carbocycles. The lowest BCUT2D eigenvalue weighted by molar-refractivity contribution is 0.600. The van der Waals surface area contributed by atoms with Crippen molar-refractivity contribution in [3.8, 4) is 16.8 Å². The van der Waals surface area contributed by atoms with Gasteiger partial charge in [-0.05, 0) is 37.5 Å². The predicted molar refractivity (Wildman–Crippen MR) is 114 cm³/mol. The zero-order valence-electron chi connectivity index (χ0n) is 15.9. The molecular formula is C20H21ClN4O3S. The summed E-state index contributed by atoms with van der Waals surface area (Å²) >= 11 is 6.41. The second-order valence-corrected chi connectivity index (χ2v) is 9.50. The predicted octanol–water partition coefficient (Wildman–Crippen LogP) is 3.67. The number of nitrogens with one attached hydrogen (secondary N) is 1. The minimum absolute atomic E-state index is 0.0461. The Morgan fingerprint density at radius 1 is 1.21 bits per heavy atom. The van der Waals surface area contributed by atoms with Crippen molar-refractivity contribution < 1.29 is 8.42 Å². The Hall–Kier alpha value is -2.58. The highest BCUT2D eigenvalue weighted by Crippen LogP contribution is 2.33. The molecule has 0 bridgehead atoms. The average Bonchev–Trinajstić information content (AvgIpc) is 3.43. The van der Waals surface area contributed by atoms with Crippen LogP contribution in [0.5, 0.6) is 0 Å². The van der Waals surface area contributed by atoms with Gasteiger partial charge >= 0.3 is 0 Å². The van der Waals surface area contributed by atoms with Crippen LogP contribution in [-0.2, 0) is 16.6 Å².